The van der Waals surface area contributed by atoms with E-state index in [4.69, 9.17) is 32.7 Å². The molecule has 1 N–H and O–H groups in total. The van der Waals surface area contributed by atoms with Crippen molar-refractivity contribution in [1.82, 2.24) is 4.72 Å². The number of amides is 1. The van der Waals surface area contributed by atoms with Crippen LogP contribution >= 0.6 is 23.2 Å². The Bertz CT molecular complexity index is 1210. The third-order valence-electron chi connectivity index (χ3n) is 4.46. The molecule has 0 fully saturated rings. The van der Waals surface area contributed by atoms with Crippen molar-refractivity contribution in [3.63, 3.8) is 0 Å². The van der Waals surface area contributed by atoms with Gasteiger partial charge in [0.1, 0.15) is 10.6 Å². The highest BCUT2D eigenvalue weighted by Crippen LogP contribution is 2.25. The molecule has 6 nitrogen and oxygen atoms in total. The molecule has 174 valence electrons. The van der Waals surface area contributed by atoms with Crippen LogP contribution in [-0.2, 0) is 28.0 Å². The van der Waals surface area contributed by atoms with Gasteiger partial charge in [0.05, 0.1) is 24.3 Å². The molecule has 33 heavy (non-hydrogen) atoms. The van der Waals surface area contributed by atoms with E-state index in [0.29, 0.717) is 18.2 Å². The van der Waals surface area contributed by atoms with Crippen LogP contribution in [0.25, 0.3) is 0 Å². The summed E-state index contributed by atoms with van der Waals surface area (Å²) >= 11 is 11.7. The summed E-state index contributed by atoms with van der Waals surface area (Å²) in [5.74, 6) is 0.0418. The molecule has 0 aliphatic rings. The Morgan fingerprint density at radius 2 is 1.48 bits per heavy atom. The summed E-state index contributed by atoms with van der Waals surface area (Å²) in [6.07, 6.45) is 0.118. The Morgan fingerprint density at radius 1 is 0.909 bits per heavy atom. The van der Waals surface area contributed by atoms with E-state index in [0.717, 1.165) is 16.9 Å². The number of hydrogen-bond acceptors (Lipinski definition) is 5. The lowest BCUT2D eigenvalue weighted by molar-refractivity contribution is 0.0980. The van der Waals surface area contributed by atoms with Crippen molar-refractivity contribution >= 4 is 39.1 Å². The quantitative estimate of drug-likeness (QED) is 0.406. The topological polar surface area (TPSA) is 81.7 Å². The van der Waals surface area contributed by atoms with Crippen molar-refractivity contribution in [2.45, 2.75) is 38.1 Å². The van der Waals surface area contributed by atoms with E-state index < -0.39 is 15.9 Å². The van der Waals surface area contributed by atoms with Crippen molar-refractivity contribution in [3.8, 4) is 5.75 Å². The Kier molecular flexibility index (Phi) is 8.37. The Morgan fingerprint density at radius 3 is 2.03 bits per heavy atom. The molecule has 0 heterocycles. The predicted molar refractivity (Wildman–Crippen MR) is 128 cm³/mol. The van der Waals surface area contributed by atoms with E-state index >= 15 is 0 Å². The molecule has 0 bridgehead atoms. The highest BCUT2D eigenvalue weighted by Gasteiger charge is 2.21. The first-order valence-electron chi connectivity index (χ1n) is 10.1. The molecular weight excluding hydrogens is 485 g/mol. The minimum Gasteiger partial charge on any atom is -0.491 e. The largest absolute Gasteiger partial charge is 0.491 e. The maximum Gasteiger partial charge on any atom is 0.265 e. The molecule has 0 aromatic heterocycles. The molecule has 0 unspecified atom stereocenters. The minimum absolute atomic E-state index is 0.0719. The second-order valence-electron chi connectivity index (χ2n) is 7.51. The molecule has 3 aromatic carbocycles. The van der Waals surface area contributed by atoms with Crippen LogP contribution in [0, 0.1) is 0 Å². The maximum absolute atomic E-state index is 12.5. The lowest BCUT2D eigenvalue weighted by Gasteiger charge is -2.11. The van der Waals surface area contributed by atoms with Gasteiger partial charge in [-0.2, -0.15) is 0 Å². The van der Waals surface area contributed by atoms with Crippen LogP contribution in [0.4, 0.5) is 0 Å². The van der Waals surface area contributed by atoms with Crippen LogP contribution in [0.1, 0.15) is 35.3 Å². The van der Waals surface area contributed by atoms with Crippen LogP contribution in [0.2, 0.25) is 10.0 Å². The Balaban J connectivity index is 1.54. The van der Waals surface area contributed by atoms with Crippen LogP contribution in [0.3, 0.4) is 0 Å². The minimum atomic E-state index is -4.14. The average molecular weight is 508 g/mol. The summed E-state index contributed by atoms with van der Waals surface area (Å²) in [5, 5.41) is 0.220. The molecule has 3 rings (SSSR count). The Hall–Kier alpha value is -2.58. The Labute approximate surface area is 203 Å². The highest BCUT2D eigenvalue weighted by molar-refractivity contribution is 7.90. The van der Waals surface area contributed by atoms with Gasteiger partial charge in [-0.15, -0.1) is 0 Å². The molecular formula is C24H23Cl2NO5S. The zero-order chi connectivity index (χ0) is 24.0. The molecule has 0 saturated carbocycles. The number of hydrogen-bond donors (Lipinski definition) is 1. The molecule has 0 radical (unpaired) electrons. The van der Waals surface area contributed by atoms with Crippen LogP contribution in [-0.4, -0.2) is 20.4 Å². The molecule has 1 amide bonds. The summed E-state index contributed by atoms with van der Waals surface area (Å²) in [5.41, 5.74) is 2.04. The van der Waals surface area contributed by atoms with Gasteiger partial charge in [0.15, 0.2) is 0 Å². The summed E-state index contributed by atoms with van der Waals surface area (Å²) < 4.78 is 38.3. The van der Waals surface area contributed by atoms with E-state index in [1.807, 2.05) is 42.8 Å². The molecule has 0 aliphatic carbocycles. The van der Waals surface area contributed by atoms with Gasteiger partial charge < -0.3 is 9.47 Å². The van der Waals surface area contributed by atoms with E-state index in [2.05, 4.69) is 0 Å². The number of carbonyl (C=O) groups is 1. The fraction of sp³-hybridized carbons (Fsp3) is 0.208. The van der Waals surface area contributed by atoms with Gasteiger partial charge >= 0.3 is 0 Å². The molecule has 0 aliphatic heterocycles. The fourth-order valence-corrected chi connectivity index (χ4v) is 4.65. The fourth-order valence-electron chi connectivity index (χ4n) is 2.90. The van der Waals surface area contributed by atoms with Gasteiger partial charge in [0.25, 0.3) is 15.9 Å². The van der Waals surface area contributed by atoms with Crippen molar-refractivity contribution < 1.29 is 22.7 Å². The zero-order valence-corrected chi connectivity index (χ0v) is 20.4. The van der Waals surface area contributed by atoms with E-state index in [9.17, 15) is 13.2 Å². The summed E-state index contributed by atoms with van der Waals surface area (Å²) in [6.45, 7) is 4.70. The zero-order valence-electron chi connectivity index (χ0n) is 18.0. The van der Waals surface area contributed by atoms with Gasteiger partial charge in [-0.1, -0.05) is 47.5 Å². The van der Waals surface area contributed by atoms with Crippen LogP contribution in [0.5, 0.6) is 5.75 Å². The molecule has 3 aromatic rings. The van der Waals surface area contributed by atoms with Gasteiger partial charge in [-0.25, -0.2) is 13.1 Å². The number of rotatable bonds is 9. The smallest absolute Gasteiger partial charge is 0.265 e. The van der Waals surface area contributed by atoms with E-state index in [-0.39, 0.29) is 21.6 Å². The van der Waals surface area contributed by atoms with Crippen LogP contribution in [0.15, 0.2) is 71.6 Å². The number of nitrogens with one attached hydrogen (secondary N) is 1. The van der Waals surface area contributed by atoms with Gasteiger partial charge in [-0.05, 0) is 67.4 Å². The lowest BCUT2D eigenvalue weighted by Crippen LogP contribution is -2.30. The van der Waals surface area contributed by atoms with Crippen molar-refractivity contribution in [3.05, 3.63) is 93.5 Å². The highest BCUT2D eigenvalue weighted by atomic mass is 35.5. The number of halogens is 2. The average Bonchev–Trinajstić information content (AvgIpc) is 2.74. The van der Waals surface area contributed by atoms with Gasteiger partial charge in [-0.3, -0.25) is 4.79 Å². The van der Waals surface area contributed by atoms with Crippen molar-refractivity contribution in [2.75, 3.05) is 0 Å². The monoisotopic (exact) mass is 507 g/mol. The third-order valence-corrected chi connectivity index (χ3v) is 6.51. The SMILES string of the molecule is CC(C)Oc1ccc(COCc2ccc(C(=O)NS(=O)(=O)c3ccc(Cl)cc3Cl)cc2)cc1. The summed E-state index contributed by atoms with van der Waals surface area (Å²) in [7, 11) is -4.14. The predicted octanol–water partition coefficient (Wildman–Crippen LogP) is 5.62. The number of carbonyl (C=O) groups excluding carboxylic acids is 1. The number of sulfonamides is 1. The first-order chi connectivity index (χ1) is 15.6. The van der Waals surface area contributed by atoms with Gasteiger partial charge in [0, 0.05) is 10.6 Å². The lowest BCUT2D eigenvalue weighted by atomic mass is 10.1. The van der Waals surface area contributed by atoms with Crippen molar-refractivity contribution in [2.24, 2.45) is 0 Å². The second kappa shape index (κ2) is 11.0. The van der Waals surface area contributed by atoms with E-state index in [1.54, 1.807) is 12.1 Å². The molecule has 0 saturated heterocycles. The standard InChI is InChI=1S/C24H23Cl2NO5S/c1-16(2)32-21-10-5-18(6-11-21)15-31-14-17-3-7-19(8-4-17)24(28)27-33(29,30)23-12-9-20(25)13-22(23)26/h3-13,16H,14-15H2,1-2H3,(H,27,28). The molecule has 9 heteroatoms. The summed E-state index contributed by atoms with van der Waals surface area (Å²) in [6, 6.07) is 18.1. The maximum atomic E-state index is 12.5. The molecule has 0 spiro atoms. The third kappa shape index (κ3) is 7.20. The normalized spacial score (nSPS) is 11.4. The van der Waals surface area contributed by atoms with Crippen LogP contribution < -0.4 is 9.46 Å². The number of benzene rings is 3. The second-order valence-corrected chi connectivity index (χ2v) is 10.0. The molecule has 0 atom stereocenters. The van der Waals surface area contributed by atoms with Crippen molar-refractivity contribution in [1.29, 1.82) is 0 Å². The first kappa shape index (κ1) is 25.1. The van der Waals surface area contributed by atoms with E-state index in [1.165, 1.54) is 30.3 Å². The van der Waals surface area contributed by atoms with Gasteiger partial charge in [0.2, 0.25) is 0 Å². The number of ether oxygens (including phenoxy) is 2. The first-order valence-corrected chi connectivity index (χ1v) is 12.3. The summed E-state index contributed by atoms with van der Waals surface area (Å²) in [4.78, 5) is 12.2.